The van der Waals surface area contributed by atoms with E-state index in [1.54, 1.807) is 0 Å². The Morgan fingerprint density at radius 3 is 2.87 bits per heavy atom. The van der Waals surface area contributed by atoms with Gasteiger partial charge >= 0.3 is 0 Å². The minimum atomic E-state index is -0.615. The van der Waals surface area contributed by atoms with Crippen molar-refractivity contribution in [3.63, 3.8) is 0 Å². The van der Waals surface area contributed by atoms with Crippen LogP contribution in [0, 0.1) is 5.82 Å². The van der Waals surface area contributed by atoms with Crippen LogP contribution in [-0.2, 0) is 0 Å². The van der Waals surface area contributed by atoms with Gasteiger partial charge in [0, 0.05) is 5.56 Å². The number of benzene rings is 1. The highest BCUT2D eigenvalue weighted by atomic mass is 19.1. The Balaban J connectivity index is 2.55. The first-order valence-electron chi connectivity index (χ1n) is 4.13. The molecule has 0 spiro atoms. The number of amides is 1. The van der Waals surface area contributed by atoms with Crippen molar-refractivity contribution in [1.29, 1.82) is 0 Å². The number of rotatable bonds is 2. The Labute approximate surface area is 84.1 Å². The molecule has 0 aliphatic heterocycles. The number of carbonyl (C=O) groups is 1. The van der Waals surface area contributed by atoms with Crippen LogP contribution in [0.2, 0.25) is 0 Å². The van der Waals surface area contributed by atoms with Gasteiger partial charge in [0.15, 0.2) is 5.82 Å². The van der Waals surface area contributed by atoms with Crippen LogP contribution in [0.25, 0.3) is 11.4 Å². The molecule has 0 saturated heterocycles. The summed E-state index contributed by atoms with van der Waals surface area (Å²) in [6.07, 6.45) is 1.26. The molecule has 0 saturated carbocycles. The van der Waals surface area contributed by atoms with E-state index in [9.17, 15) is 9.18 Å². The van der Waals surface area contributed by atoms with Crippen molar-refractivity contribution in [2.24, 2.45) is 5.73 Å². The van der Waals surface area contributed by atoms with Gasteiger partial charge in [-0.05, 0) is 18.2 Å². The van der Waals surface area contributed by atoms with Gasteiger partial charge in [-0.3, -0.25) is 9.89 Å². The summed E-state index contributed by atoms with van der Waals surface area (Å²) < 4.78 is 13.4. The number of hydrogen-bond donors (Lipinski definition) is 2. The number of nitrogens with two attached hydrogens (primary N) is 1. The molecule has 5 nitrogen and oxygen atoms in total. The second kappa shape index (κ2) is 3.49. The van der Waals surface area contributed by atoms with E-state index in [-0.39, 0.29) is 17.0 Å². The number of hydrogen-bond acceptors (Lipinski definition) is 3. The van der Waals surface area contributed by atoms with Crippen LogP contribution in [-0.4, -0.2) is 21.1 Å². The molecule has 0 aliphatic carbocycles. The summed E-state index contributed by atoms with van der Waals surface area (Å²) in [4.78, 5) is 14.7. The van der Waals surface area contributed by atoms with Crippen LogP contribution in [0.4, 0.5) is 4.39 Å². The zero-order valence-corrected chi connectivity index (χ0v) is 7.57. The molecular formula is C9H7FN4O. The van der Waals surface area contributed by atoms with Gasteiger partial charge in [-0.2, -0.15) is 5.10 Å². The lowest BCUT2D eigenvalue weighted by atomic mass is 10.1. The van der Waals surface area contributed by atoms with Gasteiger partial charge in [0.25, 0.3) is 0 Å². The van der Waals surface area contributed by atoms with Gasteiger partial charge in [0.05, 0.1) is 5.56 Å². The Kier molecular flexibility index (Phi) is 2.17. The van der Waals surface area contributed by atoms with E-state index >= 15 is 0 Å². The smallest absolute Gasteiger partial charge is 0.248 e. The number of carbonyl (C=O) groups excluding carboxylic acids is 1. The Morgan fingerprint density at radius 2 is 2.27 bits per heavy atom. The molecule has 0 fully saturated rings. The van der Waals surface area contributed by atoms with Gasteiger partial charge in [0.2, 0.25) is 5.91 Å². The minimum absolute atomic E-state index is 0.170. The van der Waals surface area contributed by atoms with Crippen LogP contribution in [0.5, 0.6) is 0 Å². The maximum atomic E-state index is 13.4. The van der Waals surface area contributed by atoms with Gasteiger partial charge in [-0.15, -0.1) is 0 Å². The largest absolute Gasteiger partial charge is 0.366 e. The molecule has 2 aromatic rings. The molecule has 1 aromatic heterocycles. The summed E-state index contributed by atoms with van der Waals surface area (Å²) >= 11 is 0. The third-order valence-electron chi connectivity index (χ3n) is 1.92. The van der Waals surface area contributed by atoms with Crippen LogP contribution in [0.1, 0.15) is 10.4 Å². The fourth-order valence-corrected chi connectivity index (χ4v) is 1.20. The molecule has 0 bridgehead atoms. The Hall–Kier alpha value is -2.24. The molecule has 76 valence electrons. The standard InChI is InChI=1S/C9H7FN4O/c10-7-2-1-5(8(11)15)3-6(7)9-12-4-13-14-9/h1-4H,(H2,11,15)(H,12,13,14). The highest BCUT2D eigenvalue weighted by Crippen LogP contribution is 2.19. The van der Waals surface area contributed by atoms with Gasteiger partial charge < -0.3 is 5.73 Å². The van der Waals surface area contributed by atoms with E-state index in [1.165, 1.54) is 18.5 Å². The average Bonchev–Trinajstić information content (AvgIpc) is 2.71. The topological polar surface area (TPSA) is 84.7 Å². The fraction of sp³-hybridized carbons (Fsp3) is 0. The number of halogens is 1. The van der Waals surface area contributed by atoms with Crippen molar-refractivity contribution in [1.82, 2.24) is 15.2 Å². The molecule has 0 atom stereocenters. The quantitative estimate of drug-likeness (QED) is 0.758. The fourth-order valence-electron chi connectivity index (χ4n) is 1.20. The number of nitrogens with one attached hydrogen (secondary N) is 1. The van der Waals surface area contributed by atoms with E-state index in [0.717, 1.165) is 6.07 Å². The lowest BCUT2D eigenvalue weighted by molar-refractivity contribution is 0.100. The summed E-state index contributed by atoms with van der Waals surface area (Å²) in [6, 6.07) is 3.81. The van der Waals surface area contributed by atoms with Gasteiger partial charge in [-0.25, -0.2) is 9.37 Å². The summed E-state index contributed by atoms with van der Waals surface area (Å²) in [5.41, 5.74) is 5.47. The lowest BCUT2D eigenvalue weighted by Gasteiger charge is -2.01. The maximum absolute atomic E-state index is 13.4. The van der Waals surface area contributed by atoms with Gasteiger partial charge in [-0.1, -0.05) is 0 Å². The summed E-state index contributed by atoms with van der Waals surface area (Å²) in [5.74, 6) is -0.844. The molecule has 1 amide bonds. The number of aromatic amines is 1. The second-order valence-electron chi connectivity index (χ2n) is 2.89. The SMILES string of the molecule is NC(=O)c1ccc(F)c(-c2ncn[nH]2)c1. The molecule has 1 aromatic carbocycles. The molecule has 15 heavy (non-hydrogen) atoms. The van der Waals surface area contributed by atoms with E-state index < -0.39 is 11.7 Å². The zero-order chi connectivity index (χ0) is 10.8. The van der Waals surface area contributed by atoms with Crippen molar-refractivity contribution in [2.75, 3.05) is 0 Å². The number of aromatic nitrogens is 3. The van der Waals surface area contributed by atoms with Crippen LogP contribution in [0.3, 0.4) is 0 Å². The van der Waals surface area contributed by atoms with Gasteiger partial charge in [0.1, 0.15) is 12.1 Å². The summed E-state index contributed by atoms with van der Waals surface area (Å²) in [6.45, 7) is 0. The molecular weight excluding hydrogens is 199 g/mol. The highest BCUT2D eigenvalue weighted by molar-refractivity contribution is 5.93. The van der Waals surface area contributed by atoms with Crippen molar-refractivity contribution in [3.8, 4) is 11.4 Å². The number of nitrogens with zero attached hydrogens (tertiary/aromatic N) is 2. The van der Waals surface area contributed by atoms with Crippen LogP contribution < -0.4 is 5.73 Å². The Morgan fingerprint density at radius 1 is 1.47 bits per heavy atom. The predicted molar refractivity (Wildman–Crippen MR) is 50.3 cm³/mol. The first-order valence-corrected chi connectivity index (χ1v) is 4.13. The van der Waals surface area contributed by atoms with E-state index in [1.807, 2.05) is 0 Å². The third-order valence-corrected chi connectivity index (χ3v) is 1.92. The predicted octanol–water partition coefficient (Wildman–Crippen LogP) is 0.710. The Bertz CT molecular complexity index is 495. The van der Waals surface area contributed by atoms with Crippen LogP contribution in [0.15, 0.2) is 24.5 Å². The minimum Gasteiger partial charge on any atom is -0.366 e. The van der Waals surface area contributed by atoms with Crippen LogP contribution >= 0.6 is 0 Å². The molecule has 6 heteroatoms. The molecule has 1 heterocycles. The normalized spacial score (nSPS) is 10.2. The molecule has 0 aliphatic rings. The summed E-state index contributed by atoms with van der Waals surface area (Å²) in [7, 11) is 0. The van der Waals surface area contributed by atoms with Crippen molar-refractivity contribution in [3.05, 3.63) is 35.9 Å². The average molecular weight is 206 g/mol. The molecule has 0 radical (unpaired) electrons. The molecule has 0 unspecified atom stereocenters. The number of primary amides is 1. The first kappa shape index (κ1) is 9.32. The second-order valence-corrected chi connectivity index (χ2v) is 2.89. The van der Waals surface area contributed by atoms with E-state index in [4.69, 9.17) is 5.73 Å². The number of H-pyrrole nitrogens is 1. The van der Waals surface area contributed by atoms with E-state index in [2.05, 4.69) is 15.2 Å². The lowest BCUT2D eigenvalue weighted by Crippen LogP contribution is -2.11. The highest BCUT2D eigenvalue weighted by Gasteiger charge is 2.10. The van der Waals surface area contributed by atoms with Crippen molar-refractivity contribution >= 4 is 5.91 Å². The third kappa shape index (κ3) is 1.69. The zero-order valence-electron chi connectivity index (χ0n) is 7.57. The van der Waals surface area contributed by atoms with Crippen molar-refractivity contribution in [2.45, 2.75) is 0 Å². The van der Waals surface area contributed by atoms with Crippen molar-refractivity contribution < 1.29 is 9.18 Å². The molecule has 2 rings (SSSR count). The first-order chi connectivity index (χ1) is 7.18. The summed E-state index contributed by atoms with van der Waals surface area (Å²) in [5, 5.41) is 6.10. The van der Waals surface area contributed by atoms with E-state index in [0.29, 0.717) is 0 Å². The maximum Gasteiger partial charge on any atom is 0.248 e. The monoisotopic (exact) mass is 206 g/mol. The molecule has 3 N–H and O–H groups in total.